The molecule has 0 fully saturated rings. The van der Waals surface area contributed by atoms with E-state index in [2.05, 4.69) is 32.6 Å². The largest absolute Gasteiger partial charge is 0.383 e. The highest BCUT2D eigenvalue weighted by molar-refractivity contribution is 14.1. The summed E-state index contributed by atoms with van der Waals surface area (Å²) in [6.07, 6.45) is 1.69. The highest BCUT2D eigenvalue weighted by atomic mass is 127. The van der Waals surface area contributed by atoms with Crippen LogP contribution in [-0.2, 0) is 10.3 Å². The second kappa shape index (κ2) is 3.75. The molecular formula is C8H12IN3O. The number of anilines is 1. The third kappa shape index (κ3) is 2.28. The van der Waals surface area contributed by atoms with Gasteiger partial charge in [-0.25, -0.2) is 9.97 Å². The number of rotatable bonds is 2. The van der Waals surface area contributed by atoms with Crippen molar-refractivity contribution >= 4 is 28.4 Å². The molecule has 1 rings (SSSR count). The van der Waals surface area contributed by atoms with Crippen molar-refractivity contribution in [3.8, 4) is 0 Å². The van der Waals surface area contributed by atoms with Crippen LogP contribution in [0, 0.1) is 3.57 Å². The van der Waals surface area contributed by atoms with E-state index in [9.17, 15) is 0 Å². The number of nitrogens with zero attached hydrogens (tertiary/aromatic N) is 2. The highest BCUT2D eigenvalue weighted by Crippen LogP contribution is 2.21. The lowest BCUT2D eigenvalue weighted by atomic mass is 10.1. The van der Waals surface area contributed by atoms with Crippen LogP contribution in [0.1, 0.15) is 19.7 Å². The fourth-order valence-corrected chi connectivity index (χ4v) is 1.02. The topological polar surface area (TPSA) is 61.0 Å². The van der Waals surface area contributed by atoms with Crippen molar-refractivity contribution < 1.29 is 4.74 Å². The third-order valence-corrected chi connectivity index (χ3v) is 2.65. The SMILES string of the molecule is COC(C)(C)c1ncc(I)c(N)n1. The van der Waals surface area contributed by atoms with Gasteiger partial charge in [-0.2, -0.15) is 0 Å². The minimum absolute atomic E-state index is 0.488. The Morgan fingerprint density at radius 3 is 2.62 bits per heavy atom. The average Bonchev–Trinajstić information content (AvgIpc) is 2.09. The molecule has 0 bridgehead atoms. The summed E-state index contributed by atoms with van der Waals surface area (Å²) in [6.45, 7) is 3.79. The Balaban J connectivity index is 3.10. The van der Waals surface area contributed by atoms with Gasteiger partial charge in [0.25, 0.3) is 0 Å². The number of aromatic nitrogens is 2. The molecule has 13 heavy (non-hydrogen) atoms. The van der Waals surface area contributed by atoms with Gasteiger partial charge in [0.1, 0.15) is 11.4 Å². The van der Waals surface area contributed by atoms with Gasteiger partial charge in [-0.3, -0.25) is 0 Å². The Morgan fingerprint density at radius 2 is 2.15 bits per heavy atom. The molecule has 0 saturated carbocycles. The number of hydrogen-bond acceptors (Lipinski definition) is 4. The first-order valence-corrected chi connectivity index (χ1v) is 4.89. The average molecular weight is 293 g/mol. The van der Waals surface area contributed by atoms with E-state index in [0.717, 1.165) is 3.57 Å². The molecule has 0 aromatic carbocycles. The molecule has 0 aliphatic heterocycles. The normalized spacial score (nSPS) is 11.7. The molecule has 4 nitrogen and oxygen atoms in total. The summed E-state index contributed by atoms with van der Waals surface area (Å²) in [7, 11) is 1.62. The molecule has 0 saturated heterocycles. The monoisotopic (exact) mass is 293 g/mol. The summed E-state index contributed by atoms with van der Waals surface area (Å²) in [5.41, 5.74) is 5.17. The van der Waals surface area contributed by atoms with Crippen molar-refractivity contribution in [3.63, 3.8) is 0 Å². The molecule has 1 aromatic heterocycles. The molecular weight excluding hydrogens is 281 g/mol. The summed E-state index contributed by atoms with van der Waals surface area (Å²) >= 11 is 2.09. The van der Waals surface area contributed by atoms with Crippen LogP contribution in [0.15, 0.2) is 6.20 Å². The molecule has 5 heteroatoms. The predicted octanol–water partition coefficient (Wildman–Crippen LogP) is 1.54. The van der Waals surface area contributed by atoms with Crippen LogP contribution in [0.4, 0.5) is 5.82 Å². The Labute approximate surface area is 91.0 Å². The number of hydrogen-bond donors (Lipinski definition) is 1. The summed E-state index contributed by atoms with van der Waals surface area (Å²) in [5, 5.41) is 0. The van der Waals surface area contributed by atoms with Crippen molar-refractivity contribution in [2.75, 3.05) is 12.8 Å². The second-order valence-electron chi connectivity index (χ2n) is 3.14. The lowest BCUT2D eigenvalue weighted by molar-refractivity contribution is 0.0115. The Hall–Kier alpha value is -0.430. The smallest absolute Gasteiger partial charge is 0.162 e. The van der Waals surface area contributed by atoms with E-state index >= 15 is 0 Å². The number of methoxy groups -OCH3 is 1. The van der Waals surface area contributed by atoms with Gasteiger partial charge in [0.15, 0.2) is 5.82 Å². The standard InChI is InChI=1S/C8H12IN3O/c1-8(2,13-3)7-11-4-5(9)6(10)12-7/h4H,1-3H3,(H2,10,11,12). The second-order valence-corrected chi connectivity index (χ2v) is 4.30. The van der Waals surface area contributed by atoms with Crippen LogP contribution in [0.5, 0.6) is 0 Å². The van der Waals surface area contributed by atoms with Crippen LogP contribution in [0.3, 0.4) is 0 Å². The molecule has 0 radical (unpaired) electrons. The molecule has 0 amide bonds. The van der Waals surface area contributed by atoms with Crippen LogP contribution in [0.2, 0.25) is 0 Å². The number of nitrogens with two attached hydrogens (primary N) is 1. The first-order valence-electron chi connectivity index (χ1n) is 3.81. The highest BCUT2D eigenvalue weighted by Gasteiger charge is 2.23. The van der Waals surface area contributed by atoms with Gasteiger partial charge >= 0.3 is 0 Å². The van der Waals surface area contributed by atoms with Crippen LogP contribution >= 0.6 is 22.6 Å². The van der Waals surface area contributed by atoms with Crippen molar-refractivity contribution in [2.24, 2.45) is 0 Å². The molecule has 0 atom stereocenters. The molecule has 0 unspecified atom stereocenters. The zero-order chi connectivity index (χ0) is 10.1. The molecule has 1 heterocycles. The van der Waals surface area contributed by atoms with Crippen molar-refractivity contribution in [3.05, 3.63) is 15.6 Å². The first-order chi connectivity index (χ1) is 5.97. The minimum Gasteiger partial charge on any atom is -0.383 e. The number of nitrogen functional groups attached to an aromatic ring is 1. The fourth-order valence-electron chi connectivity index (χ4n) is 0.762. The Bertz CT molecular complexity index is 314. The summed E-state index contributed by atoms with van der Waals surface area (Å²) < 4.78 is 6.09. The van der Waals surface area contributed by atoms with E-state index in [-0.39, 0.29) is 0 Å². The molecule has 1 aromatic rings. The number of halogens is 1. The maximum absolute atomic E-state index is 5.66. The van der Waals surface area contributed by atoms with E-state index in [4.69, 9.17) is 10.5 Å². The van der Waals surface area contributed by atoms with Gasteiger partial charge in [-0.15, -0.1) is 0 Å². The van der Waals surface area contributed by atoms with Crippen LogP contribution in [-0.4, -0.2) is 17.1 Å². The first kappa shape index (κ1) is 10.6. The van der Waals surface area contributed by atoms with Gasteiger partial charge in [0.05, 0.1) is 3.57 Å². The van der Waals surface area contributed by atoms with E-state index in [1.165, 1.54) is 0 Å². The lowest BCUT2D eigenvalue weighted by Crippen LogP contribution is -2.23. The summed E-state index contributed by atoms with van der Waals surface area (Å²) in [6, 6.07) is 0. The van der Waals surface area contributed by atoms with Gasteiger partial charge in [-0.05, 0) is 36.4 Å². The fraction of sp³-hybridized carbons (Fsp3) is 0.500. The van der Waals surface area contributed by atoms with Gasteiger partial charge < -0.3 is 10.5 Å². The predicted molar refractivity (Wildman–Crippen MR) is 59.2 cm³/mol. The van der Waals surface area contributed by atoms with Gasteiger partial charge in [0, 0.05) is 13.3 Å². The molecule has 72 valence electrons. The van der Waals surface area contributed by atoms with Crippen LogP contribution in [0.25, 0.3) is 0 Å². The molecule has 2 N–H and O–H groups in total. The zero-order valence-electron chi connectivity index (χ0n) is 7.84. The zero-order valence-corrected chi connectivity index (χ0v) is 9.99. The maximum Gasteiger partial charge on any atom is 0.162 e. The molecule has 0 spiro atoms. The van der Waals surface area contributed by atoms with Gasteiger partial charge in [-0.1, -0.05) is 0 Å². The van der Waals surface area contributed by atoms with Gasteiger partial charge in [0.2, 0.25) is 0 Å². The maximum atomic E-state index is 5.66. The molecule has 0 aliphatic carbocycles. The minimum atomic E-state index is -0.488. The van der Waals surface area contributed by atoms with E-state index < -0.39 is 5.60 Å². The van der Waals surface area contributed by atoms with E-state index in [0.29, 0.717) is 11.6 Å². The lowest BCUT2D eigenvalue weighted by Gasteiger charge is -2.20. The summed E-state index contributed by atoms with van der Waals surface area (Å²) in [4.78, 5) is 8.31. The summed E-state index contributed by atoms with van der Waals surface area (Å²) in [5.74, 6) is 1.10. The number of ether oxygens (including phenoxy) is 1. The van der Waals surface area contributed by atoms with Crippen LogP contribution < -0.4 is 5.73 Å². The third-order valence-electron chi connectivity index (χ3n) is 1.82. The van der Waals surface area contributed by atoms with E-state index in [1.54, 1.807) is 13.3 Å². The molecule has 0 aliphatic rings. The van der Waals surface area contributed by atoms with Crippen molar-refractivity contribution in [1.82, 2.24) is 9.97 Å². The van der Waals surface area contributed by atoms with Crippen molar-refractivity contribution in [2.45, 2.75) is 19.4 Å². The Kier molecular flexibility index (Phi) is 3.07. The Morgan fingerprint density at radius 1 is 1.54 bits per heavy atom. The quantitative estimate of drug-likeness (QED) is 0.840. The van der Waals surface area contributed by atoms with E-state index in [1.807, 2.05) is 13.8 Å². The van der Waals surface area contributed by atoms with Crippen molar-refractivity contribution in [1.29, 1.82) is 0 Å².